The first-order chi connectivity index (χ1) is 50.8. The third-order valence-electron chi connectivity index (χ3n) is 16.9. The molecular weight excluding hydrogens is 1380 g/mol. The minimum atomic E-state index is -0.956. The molecule has 4 fully saturated rings. The number of rotatable bonds is 24. The molecule has 0 unspecified atom stereocenters. The molecule has 0 aliphatic heterocycles. The van der Waals surface area contributed by atoms with E-state index in [9.17, 15) is 26.3 Å². The van der Waals surface area contributed by atoms with Crippen LogP contribution in [0.5, 0.6) is 0 Å². The molecule has 538 valence electrons. The molecule has 12 N–H and O–H groups in total. The van der Waals surface area contributed by atoms with Crippen molar-refractivity contribution in [1.29, 1.82) is 0 Å². The molecule has 0 spiro atoms. The largest absolute Gasteiger partial charge is 0.366 e. The van der Waals surface area contributed by atoms with Gasteiger partial charge in [-0.05, 0) is 108 Å². The van der Waals surface area contributed by atoms with Gasteiger partial charge in [0.05, 0.1) is 6.57 Å². The number of nitrogens with one attached hydrogen (secondary N) is 12. The van der Waals surface area contributed by atoms with Crippen LogP contribution in [-0.2, 0) is 26.2 Å². The van der Waals surface area contributed by atoms with E-state index in [0.717, 1.165) is 51.7 Å². The standard InChI is InChI=1S/C19H19N7.C18H18ClFN6.C18H17F3N6.C18H18F2N6/c1-12-22-17(21-11-13-3-7-15(20-2)8-4-13)10-18(23-12)24-19-9-16(25-26-19)14-5-6-14;1-10-22-16(21-9-12-4-5-13(20)6-14(12)19)8-17(23-10)24-18-7-15(25-26-18)11-2-3-11;1-9-23-16(22-8-12-13(20)4-11(19)5-14(12)21)7-17(24-9)25-18-6-15(26-27-18)10-2-3-10;1-10-22-16(21-9-12-4-5-13(19)6-14(12)20)8-17(23-10)24-18-7-15(25-26-18)11-2-3-11/h3-4,7-10,14H,5-6,11H2,1H3,(H3,21,22,23,24,25,26);4-8,11H,2-3,9H2,1H3,(H3,21,22,23,24,25,26);4-7,10H,2-3,8H2,1H3,(H3,22,23,24,25,26,27);4-8,11H,2-3,9H2,1H3,(H3,21,22,23,24,25,26). The van der Waals surface area contributed by atoms with Crippen LogP contribution in [0.2, 0.25) is 5.02 Å². The molecule has 4 aromatic carbocycles. The SMILES string of the molecule is Cc1nc(NCc2c(F)cc(F)cc2F)cc(Nc2cc(C3CC3)[nH]n2)n1.Cc1nc(NCc2ccc(F)cc2Cl)cc(Nc2cc(C3CC3)[nH]n2)n1.Cc1nc(NCc2ccc(F)cc2F)cc(Nc2cc(C3CC3)[nH]n2)n1.[C-]#[N+]c1ccc(CNc2cc(Nc3cc(C4CC4)[nH]n3)nc(C)n2)cc1. The molecule has 16 rings (SSSR count). The van der Waals surface area contributed by atoms with Crippen molar-refractivity contribution in [3.63, 3.8) is 0 Å². The van der Waals surface area contributed by atoms with Crippen molar-refractivity contribution in [3.05, 3.63) is 241 Å². The zero-order valence-electron chi connectivity index (χ0n) is 57.3. The lowest BCUT2D eigenvalue weighted by molar-refractivity contribution is 0.526. The predicted molar refractivity (Wildman–Crippen MR) is 389 cm³/mol. The van der Waals surface area contributed by atoms with E-state index in [1.165, 1.54) is 81.3 Å². The van der Waals surface area contributed by atoms with Gasteiger partial charge in [0.2, 0.25) is 0 Å². The highest BCUT2D eigenvalue weighted by molar-refractivity contribution is 6.31. The Bertz CT molecular complexity index is 4880. The number of hydrogen-bond donors (Lipinski definition) is 12. The molecule has 0 atom stereocenters. The van der Waals surface area contributed by atoms with Gasteiger partial charge in [-0.2, -0.15) is 20.4 Å². The number of hydrogen-bond acceptors (Lipinski definition) is 20. The number of aromatic amines is 4. The summed E-state index contributed by atoms with van der Waals surface area (Å²) in [5.41, 5.74) is 7.17. The Morgan fingerprint density at radius 1 is 0.362 bits per heavy atom. The summed E-state index contributed by atoms with van der Waals surface area (Å²) in [5, 5.41) is 54.6. The van der Waals surface area contributed by atoms with Crippen LogP contribution < -0.4 is 42.5 Å². The molecule has 25 nitrogen and oxygen atoms in total. The van der Waals surface area contributed by atoms with Crippen LogP contribution in [0.15, 0.2) is 121 Å². The average molecular weight is 1450 g/mol. The monoisotopic (exact) mass is 1450 g/mol. The van der Waals surface area contributed by atoms with Gasteiger partial charge in [0.1, 0.15) is 105 Å². The van der Waals surface area contributed by atoms with Gasteiger partial charge in [-0.1, -0.05) is 48.0 Å². The van der Waals surface area contributed by atoms with E-state index < -0.39 is 29.1 Å². The highest BCUT2D eigenvalue weighted by Gasteiger charge is 2.29. The zero-order valence-corrected chi connectivity index (χ0v) is 58.1. The van der Waals surface area contributed by atoms with Crippen molar-refractivity contribution in [3.8, 4) is 0 Å². The lowest BCUT2D eigenvalue weighted by atomic mass is 10.2. The Kier molecular flexibility index (Phi) is 22.0. The number of halogens is 7. The fraction of sp³-hybridized carbons (Fsp3) is 0.274. The number of anilines is 12. The summed E-state index contributed by atoms with van der Waals surface area (Å²) in [6, 6.07) is 31.6. The van der Waals surface area contributed by atoms with Gasteiger partial charge in [-0.3, -0.25) is 20.4 Å². The topological polar surface area (TPSA) is 318 Å². The van der Waals surface area contributed by atoms with Crippen LogP contribution in [0.3, 0.4) is 0 Å². The smallest absolute Gasteiger partial charge is 0.187 e. The van der Waals surface area contributed by atoms with Crippen molar-refractivity contribution in [1.82, 2.24) is 80.7 Å². The summed E-state index contributed by atoms with van der Waals surface area (Å²) >= 11 is 6.06. The molecule has 105 heavy (non-hydrogen) atoms. The maximum Gasteiger partial charge on any atom is 0.187 e. The first-order valence-electron chi connectivity index (χ1n) is 34.0. The Morgan fingerprint density at radius 3 is 1.04 bits per heavy atom. The van der Waals surface area contributed by atoms with Gasteiger partial charge in [0.25, 0.3) is 0 Å². The van der Waals surface area contributed by atoms with E-state index in [-0.39, 0.29) is 24.5 Å². The van der Waals surface area contributed by atoms with Crippen molar-refractivity contribution < 1.29 is 26.3 Å². The van der Waals surface area contributed by atoms with Crippen molar-refractivity contribution in [2.24, 2.45) is 0 Å². The summed E-state index contributed by atoms with van der Waals surface area (Å²) in [7, 11) is 0. The van der Waals surface area contributed by atoms with E-state index in [4.69, 9.17) is 18.2 Å². The number of aryl methyl sites for hydroxylation is 4. The second kappa shape index (κ2) is 32.4. The van der Waals surface area contributed by atoms with Gasteiger partial charge in [-0.15, -0.1) is 0 Å². The minimum Gasteiger partial charge on any atom is -0.366 e. The minimum absolute atomic E-state index is 0.178. The first kappa shape index (κ1) is 71.2. The van der Waals surface area contributed by atoms with Gasteiger partial charge in [0.15, 0.2) is 29.0 Å². The zero-order chi connectivity index (χ0) is 73.1. The predicted octanol–water partition coefficient (Wildman–Crippen LogP) is 17.0. The van der Waals surface area contributed by atoms with Crippen molar-refractivity contribution in [2.45, 2.75) is 129 Å². The molecule has 0 saturated heterocycles. The third-order valence-corrected chi connectivity index (χ3v) is 17.2. The van der Waals surface area contributed by atoms with Gasteiger partial charge >= 0.3 is 0 Å². The van der Waals surface area contributed by atoms with Gasteiger partial charge < -0.3 is 42.5 Å². The Balaban J connectivity index is 0.000000124. The number of nitrogens with zero attached hydrogens (tertiary/aromatic N) is 13. The van der Waals surface area contributed by atoms with Crippen LogP contribution >= 0.6 is 11.6 Å². The fourth-order valence-electron chi connectivity index (χ4n) is 10.9. The summed E-state index contributed by atoms with van der Waals surface area (Å²) in [6.07, 6.45) is 9.63. The molecule has 12 aromatic rings. The van der Waals surface area contributed by atoms with Crippen LogP contribution in [0.25, 0.3) is 4.85 Å². The van der Waals surface area contributed by atoms with Gasteiger partial charge in [0, 0.05) is 156 Å². The van der Waals surface area contributed by atoms with Crippen LogP contribution in [0.4, 0.5) is 102 Å². The lowest BCUT2D eigenvalue weighted by Gasteiger charge is -2.10. The third kappa shape index (κ3) is 20.5. The molecule has 4 saturated carbocycles. The Hall–Kier alpha value is -12.2. The normalized spacial score (nSPS) is 13.5. The molecule has 32 heteroatoms. The summed E-state index contributed by atoms with van der Waals surface area (Å²) in [4.78, 5) is 38.1. The second-order valence-corrected chi connectivity index (χ2v) is 26.1. The fourth-order valence-corrected chi connectivity index (χ4v) is 11.2. The molecular formula is C73H72ClF6N25. The van der Waals surface area contributed by atoms with E-state index in [1.54, 1.807) is 38.1 Å². The molecule has 0 radical (unpaired) electrons. The average Bonchev–Trinajstić information content (AvgIpc) is 1.67. The van der Waals surface area contributed by atoms with Crippen LogP contribution in [0, 0.1) is 69.2 Å². The quantitative estimate of drug-likeness (QED) is 0.0198. The summed E-state index contributed by atoms with van der Waals surface area (Å²) in [6.45, 7) is 15.2. The highest BCUT2D eigenvalue weighted by atomic mass is 35.5. The summed E-state index contributed by atoms with van der Waals surface area (Å²) < 4.78 is 80.4. The van der Waals surface area contributed by atoms with Gasteiger partial charge in [-0.25, -0.2) is 71.1 Å². The van der Waals surface area contributed by atoms with E-state index in [1.807, 2.05) is 68.4 Å². The number of benzene rings is 4. The van der Waals surface area contributed by atoms with E-state index >= 15 is 0 Å². The summed E-state index contributed by atoms with van der Waals surface area (Å²) in [5.74, 6) is 7.94. The van der Waals surface area contributed by atoms with E-state index in [0.29, 0.717) is 141 Å². The lowest BCUT2D eigenvalue weighted by Crippen LogP contribution is -2.08. The Morgan fingerprint density at radius 2 is 0.686 bits per heavy atom. The van der Waals surface area contributed by atoms with Crippen LogP contribution in [-0.4, -0.2) is 80.7 Å². The maximum atomic E-state index is 13.8. The molecule has 8 heterocycles. The van der Waals surface area contributed by atoms with Crippen molar-refractivity contribution >= 4 is 87.1 Å². The maximum absolute atomic E-state index is 13.8. The Labute approximate surface area is 603 Å². The molecule has 0 bridgehead atoms. The molecule has 8 aromatic heterocycles. The van der Waals surface area contributed by atoms with Crippen molar-refractivity contribution in [2.75, 3.05) is 42.5 Å². The van der Waals surface area contributed by atoms with E-state index in [2.05, 4.69) is 128 Å². The molecule has 4 aliphatic carbocycles. The number of H-pyrrole nitrogens is 4. The molecule has 4 aliphatic rings. The van der Waals surface area contributed by atoms with Crippen LogP contribution in [0.1, 0.15) is 143 Å². The highest BCUT2D eigenvalue weighted by Crippen LogP contribution is 2.42. The molecule has 0 amide bonds. The first-order valence-corrected chi connectivity index (χ1v) is 34.3. The second-order valence-electron chi connectivity index (χ2n) is 25.7. The number of aromatic nitrogens is 16.